The van der Waals surface area contributed by atoms with E-state index in [1.54, 1.807) is 0 Å². The number of hydrogen-bond donors (Lipinski definition) is 3. The van der Waals surface area contributed by atoms with Crippen molar-refractivity contribution in [2.75, 3.05) is 51.8 Å². The minimum absolute atomic E-state index is 0.142. The Hall–Kier alpha value is -3.70. The number of aryl methyl sites for hydroxylation is 1. The van der Waals surface area contributed by atoms with Crippen LogP contribution in [0.15, 0.2) is 48.6 Å². The van der Waals surface area contributed by atoms with E-state index in [0.29, 0.717) is 13.0 Å². The number of hydrogen-bond acceptors (Lipinski definition) is 9. The number of nitrogens with zero attached hydrogens (tertiary/aromatic N) is 3. The van der Waals surface area contributed by atoms with Gasteiger partial charge in [-0.2, -0.15) is 0 Å². The molecule has 10 atom stereocenters. The summed E-state index contributed by atoms with van der Waals surface area (Å²) in [7, 11) is 3.31. The van der Waals surface area contributed by atoms with Crippen LogP contribution < -0.4 is 4.90 Å². The molecule has 1 saturated carbocycles. The van der Waals surface area contributed by atoms with E-state index in [0.717, 1.165) is 87.0 Å². The molecular weight excluding hydrogens is 705 g/mol. The normalized spacial score (nSPS) is 38.5. The van der Waals surface area contributed by atoms with Crippen LogP contribution in [-0.4, -0.2) is 113 Å². The number of fused-ring (bicyclic) bond motifs is 6. The fraction of sp³-hybridized carbons (Fsp3) is 0.609. The van der Waals surface area contributed by atoms with Crippen molar-refractivity contribution in [1.29, 1.82) is 0 Å². The van der Waals surface area contributed by atoms with Crippen molar-refractivity contribution in [2.24, 2.45) is 11.3 Å². The molecule has 10 heteroatoms. The quantitative estimate of drug-likeness (QED) is 0.220. The van der Waals surface area contributed by atoms with E-state index in [2.05, 4.69) is 95.9 Å². The van der Waals surface area contributed by atoms with Gasteiger partial charge >= 0.3 is 11.9 Å². The smallest absolute Gasteiger partial charge is 0.344 e. The van der Waals surface area contributed by atoms with Crippen molar-refractivity contribution in [3.8, 4) is 0 Å². The van der Waals surface area contributed by atoms with Crippen LogP contribution in [-0.2, 0) is 36.3 Å². The number of aliphatic hydroxyl groups is 2. The molecule has 0 radical (unpaired) electrons. The fourth-order valence-corrected chi connectivity index (χ4v) is 13.8. The Morgan fingerprint density at radius 2 is 1.79 bits per heavy atom. The minimum atomic E-state index is -2.16. The highest BCUT2D eigenvalue weighted by Gasteiger charge is 2.80. The minimum Gasteiger partial charge on any atom is -0.467 e. The molecule has 3 N–H and O–H groups in total. The van der Waals surface area contributed by atoms with E-state index in [4.69, 9.17) is 9.47 Å². The maximum absolute atomic E-state index is 14.4. The van der Waals surface area contributed by atoms with E-state index in [-0.39, 0.29) is 12.0 Å². The van der Waals surface area contributed by atoms with Crippen LogP contribution in [0, 0.1) is 18.3 Å². The van der Waals surface area contributed by atoms with Crippen molar-refractivity contribution in [2.45, 2.75) is 120 Å². The Balaban J connectivity index is 1.32. The maximum Gasteiger partial charge on any atom is 0.344 e. The molecule has 10 nitrogen and oxygen atoms in total. The number of aromatic amines is 1. The third-order valence-corrected chi connectivity index (χ3v) is 15.8. The number of para-hydroxylation sites is 1. The third kappa shape index (κ3) is 4.82. The first-order chi connectivity index (χ1) is 26.8. The topological polar surface area (TPSA) is 119 Å². The molecule has 0 amide bonds. The van der Waals surface area contributed by atoms with Gasteiger partial charge in [-0.05, 0) is 98.7 Å². The lowest BCUT2D eigenvalue weighted by Crippen LogP contribution is -2.81. The number of aromatic nitrogens is 1. The average Bonchev–Trinajstić information content (AvgIpc) is 3.84. The SMILES string of the molecule is CC[C@]1(O)C[C@@H]2CN(CCc3c([nH]c4ccccc34)[C@@](CC)(c3cc4c(cc3C)N(C)C3[C@]45CCN4CC=C[C@@](CC)([C@@H](OC(C)=O)[C@]3(O)C(=O)OC)[C@H]45)C2)C1. The summed E-state index contributed by atoms with van der Waals surface area (Å²) in [6.07, 6.45) is 8.52. The molecule has 9 rings (SSSR count). The summed E-state index contributed by atoms with van der Waals surface area (Å²) in [6.45, 7) is 14.2. The van der Waals surface area contributed by atoms with Gasteiger partial charge in [0, 0.05) is 84.7 Å². The number of carbonyl (C=O) groups is 2. The highest BCUT2D eigenvalue weighted by atomic mass is 16.6. The largest absolute Gasteiger partial charge is 0.467 e. The lowest BCUT2D eigenvalue weighted by molar-refractivity contribution is -0.228. The predicted molar refractivity (Wildman–Crippen MR) is 217 cm³/mol. The first kappa shape index (κ1) is 37.9. The number of benzene rings is 2. The summed E-state index contributed by atoms with van der Waals surface area (Å²) >= 11 is 0. The van der Waals surface area contributed by atoms with Crippen molar-refractivity contribution in [3.05, 3.63) is 76.5 Å². The summed E-state index contributed by atoms with van der Waals surface area (Å²) in [5.41, 5.74) is 3.53. The molecule has 1 spiro atoms. The molecular formula is C46H60N4O6. The first-order valence-electron chi connectivity index (χ1n) is 21.1. The molecule has 2 unspecified atom stereocenters. The molecule has 6 aliphatic rings. The summed E-state index contributed by atoms with van der Waals surface area (Å²) in [5, 5.41) is 26.5. The molecule has 2 saturated heterocycles. The second kappa shape index (κ2) is 12.9. The number of rotatable bonds is 6. The predicted octanol–water partition coefficient (Wildman–Crippen LogP) is 5.53. The summed E-state index contributed by atoms with van der Waals surface area (Å²) in [5.74, 6) is -1.04. The number of carbonyl (C=O) groups excluding carboxylic acids is 2. The highest BCUT2D eigenvalue weighted by Crippen LogP contribution is 2.68. The van der Waals surface area contributed by atoms with E-state index in [1.807, 2.05) is 7.05 Å². The van der Waals surface area contributed by atoms with Gasteiger partial charge in [0.25, 0.3) is 0 Å². The Bertz CT molecular complexity index is 2130. The zero-order valence-corrected chi connectivity index (χ0v) is 34.3. The summed E-state index contributed by atoms with van der Waals surface area (Å²) < 4.78 is 11.7. The number of anilines is 1. The van der Waals surface area contributed by atoms with E-state index in [1.165, 1.54) is 36.2 Å². The van der Waals surface area contributed by atoms with Crippen LogP contribution >= 0.6 is 0 Å². The Morgan fingerprint density at radius 1 is 1.00 bits per heavy atom. The van der Waals surface area contributed by atoms with Crippen LogP contribution in [0.4, 0.5) is 5.69 Å². The molecule has 2 aromatic carbocycles. The zero-order valence-electron chi connectivity index (χ0n) is 34.3. The van der Waals surface area contributed by atoms with Crippen LogP contribution in [0.5, 0.6) is 0 Å². The number of H-pyrrole nitrogens is 1. The number of methoxy groups -OCH3 is 1. The lowest BCUT2D eigenvalue weighted by Gasteiger charge is -2.63. The molecule has 300 valence electrons. The van der Waals surface area contributed by atoms with Crippen LogP contribution in [0.2, 0.25) is 0 Å². The van der Waals surface area contributed by atoms with Gasteiger partial charge in [0.15, 0.2) is 6.10 Å². The Morgan fingerprint density at radius 3 is 2.50 bits per heavy atom. The molecule has 2 bridgehead atoms. The highest BCUT2D eigenvalue weighted by molar-refractivity contribution is 5.88. The number of ether oxygens (including phenoxy) is 2. The van der Waals surface area contributed by atoms with Gasteiger partial charge in [-0.15, -0.1) is 0 Å². The monoisotopic (exact) mass is 764 g/mol. The molecule has 5 aliphatic heterocycles. The van der Waals surface area contributed by atoms with Gasteiger partial charge in [-0.1, -0.05) is 57.2 Å². The molecule has 1 aliphatic carbocycles. The fourth-order valence-electron chi connectivity index (χ4n) is 13.8. The lowest BCUT2D eigenvalue weighted by atomic mass is 9.47. The van der Waals surface area contributed by atoms with Crippen LogP contribution in [0.25, 0.3) is 10.9 Å². The molecule has 3 aromatic rings. The van der Waals surface area contributed by atoms with Crippen LogP contribution in [0.3, 0.4) is 0 Å². The van der Waals surface area contributed by atoms with E-state index >= 15 is 0 Å². The maximum atomic E-state index is 14.4. The average molecular weight is 765 g/mol. The number of nitrogens with one attached hydrogen (secondary N) is 1. The van der Waals surface area contributed by atoms with Crippen molar-refractivity contribution in [3.63, 3.8) is 0 Å². The number of esters is 2. The van der Waals surface area contributed by atoms with Gasteiger partial charge < -0.3 is 29.6 Å². The Labute approximate surface area is 331 Å². The Kier molecular flexibility index (Phi) is 8.72. The van der Waals surface area contributed by atoms with E-state index in [9.17, 15) is 19.8 Å². The van der Waals surface area contributed by atoms with Crippen molar-refractivity contribution >= 4 is 28.5 Å². The van der Waals surface area contributed by atoms with Gasteiger partial charge in [-0.25, -0.2) is 4.79 Å². The van der Waals surface area contributed by atoms with Crippen molar-refractivity contribution < 1.29 is 29.3 Å². The second-order valence-corrected chi connectivity index (χ2v) is 18.4. The number of likely N-dealkylation sites (N-methyl/N-ethyl adjacent to an activating group) is 1. The van der Waals surface area contributed by atoms with Crippen molar-refractivity contribution in [1.82, 2.24) is 14.8 Å². The second-order valence-electron chi connectivity index (χ2n) is 18.4. The molecule has 1 aromatic heterocycles. The zero-order chi connectivity index (χ0) is 39.6. The number of piperidine rings is 1. The van der Waals surface area contributed by atoms with Gasteiger partial charge in [0.05, 0.1) is 18.8 Å². The molecule has 56 heavy (non-hydrogen) atoms. The summed E-state index contributed by atoms with van der Waals surface area (Å²) in [4.78, 5) is 38.4. The summed E-state index contributed by atoms with van der Waals surface area (Å²) in [6, 6.07) is 12.6. The first-order valence-corrected chi connectivity index (χ1v) is 21.1. The van der Waals surface area contributed by atoms with Gasteiger partial charge in [0.2, 0.25) is 5.60 Å². The van der Waals surface area contributed by atoms with Crippen LogP contribution in [0.1, 0.15) is 94.2 Å². The molecule has 6 heterocycles. The third-order valence-electron chi connectivity index (χ3n) is 15.8. The molecule has 3 fully saturated rings. The van der Waals surface area contributed by atoms with Gasteiger partial charge in [0.1, 0.15) is 0 Å². The van der Waals surface area contributed by atoms with Gasteiger partial charge in [-0.3, -0.25) is 14.6 Å². The van der Waals surface area contributed by atoms with E-state index < -0.39 is 51.5 Å². The standard InChI is InChI=1S/C46H60N4O6/c1-8-42(53)24-30-25-44(10-3,37-32(16-20-49(26-30)27-42)31-14-11-12-15-35(31)47-37)33-23-34-36(22-28(33)4)48(6)39-45(34)18-21-50-19-13-17-43(9-2,38(45)50)40(56-29(5)51)46(39,54)41(52)55-7/h11-15,17,22-23,30,38-40,47,53-54H,8-10,16,18-21,24-27H2,1-7H3/t30-,38-,39?,40+,42-,43+,44+,45+,46-/m0/s1.